The molecule has 1 aliphatic heterocycles. The maximum atomic E-state index is 13.2. The molecule has 2 aromatic carbocycles. The average Bonchev–Trinajstić information content (AvgIpc) is 2.69. The van der Waals surface area contributed by atoms with Crippen molar-refractivity contribution in [2.75, 3.05) is 7.05 Å². The molecule has 2 amide bonds. The molecule has 0 bridgehead atoms. The van der Waals surface area contributed by atoms with E-state index in [2.05, 4.69) is 4.99 Å². The Morgan fingerprint density at radius 3 is 2.15 bits per heavy atom. The number of carbonyl (C=O) groups excluding carboxylic acids is 2. The number of rotatable bonds is 3. The van der Waals surface area contributed by atoms with E-state index in [1.807, 2.05) is 0 Å². The van der Waals surface area contributed by atoms with E-state index in [4.69, 9.17) is 0 Å². The molecule has 0 saturated carbocycles. The van der Waals surface area contributed by atoms with Crippen molar-refractivity contribution in [1.29, 1.82) is 0 Å². The van der Waals surface area contributed by atoms with Gasteiger partial charge in [0.25, 0.3) is 0 Å². The Morgan fingerprint density at radius 1 is 1.03 bits per heavy atom. The molecule has 3 rings (SSSR count). The average molecular weight is 515 g/mol. The molecule has 1 N–H and O–H groups in total. The Bertz CT molecular complexity index is 1210. The lowest BCUT2D eigenvalue weighted by molar-refractivity contribution is -0.172. The van der Waals surface area contributed by atoms with E-state index in [9.17, 15) is 42.2 Å². The zero-order chi connectivity index (χ0) is 25.8. The second-order valence-electron chi connectivity index (χ2n) is 7.87. The van der Waals surface area contributed by atoms with E-state index in [1.165, 1.54) is 42.6 Å². The largest absolute Gasteiger partial charge is 0.471 e. The molecular weight excluding hydrogens is 498 g/mol. The Balaban J connectivity index is 2.06. The smallest absolute Gasteiger partial charge is 0.288 e. The molecule has 0 spiro atoms. The third kappa shape index (κ3) is 5.32. The number of amides is 2. The third-order valence-electron chi connectivity index (χ3n) is 5.12. The fourth-order valence-electron chi connectivity index (χ4n) is 3.28. The summed E-state index contributed by atoms with van der Waals surface area (Å²) in [5.74, 6) is -3.71. The lowest BCUT2D eigenvalue weighted by Crippen LogP contribution is -2.53. The van der Waals surface area contributed by atoms with Crippen LogP contribution in [0.4, 0.5) is 32.6 Å². The topological polar surface area (TPSA) is 61.8 Å². The molecule has 186 valence electrons. The van der Waals surface area contributed by atoms with Gasteiger partial charge in [0.2, 0.25) is 11.9 Å². The summed E-state index contributed by atoms with van der Waals surface area (Å²) in [7, 11) is -8.83. The van der Waals surface area contributed by atoms with E-state index >= 15 is 0 Å². The second-order valence-corrected chi connectivity index (χ2v) is 10.3. The van der Waals surface area contributed by atoms with Crippen LogP contribution in [-0.2, 0) is 15.1 Å². The van der Waals surface area contributed by atoms with Crippen molar-refractivity contribution in [2.24, 2.45) is 4.99 Å². The van der Waals surface area contributed by atoms with Gasteiger partial charge in [-0.1, -0.05) is 49.8 Å². The molecule has 2 aromatic rings. The molecule has 0 unspecified atom stereocenters. The summed E-state index contributed by atoms with van der Waals surface area (Å²) in [5, 5.41) is 1.53. The highest BCUT2D eigenvalue weighted by atomic mass is 32.5. The van der Waals surface area contributed by atoms with Crippen molar-refractivity contribution in [3.8, 4) is 11.1 Å². The van der Waals surface area contributed by atoms with E-state index in [0.29, 0.717) is 6.07 Å². The van der Waals surface area contributed by atoms with E-state index < -0.39 is 44.6 Å². The molecule has 14 heteroatoms. The van der Waals surface area contributed by atoms with Gasteiger partial charge in [0.1, 0.15) is 4.90 Å². The fourth-order valence-corrected chi connectivity index (χ4v) is 3.97. The number of halogens is 8. The minimum Gasteiger partial charge on any atom is -0.288 e. The number of hydrogen-bond donors (Lipinski definition) is 1. The molecule has 0 aromatic heterocycles. The van der Waals surface area contributed by atoms with Gasteiger partial charge in [-0.2, -0.15) is 13.2 Å². The molecule has 0 saturated heterocycles. The number of alkyl halides is 3. The summed E-state index contributed by atoms with van der Waals surface area (Å²) in [6, 6.07) is 7.95. The predicted molar refractivity (Wildman–Crippen MR) is 110 cm³/mol. The first-order chi connectivity index (χ1) is 15.2. The molecule has 1 heterocycles. The summed E-state index contributed by atoms with van der Waals surface area (Å²) < 4.78 is 104. The first-order valence-corrected chi connectivity index (χ1v) is 11.3. The molecule has 0 fully saturated rings. The van der Waals surface area contributed by atoms with E-state index in [-0.39, 0.29) is 29.2 Å². The molecule has 1 atom stereocenters. The van der Waals surface area contributed by atoms with Crippen molar-refractivity contribution >= 4 is 28.0 Å². The summed E-state index contributed by atoms with van der Waals surface area (Å²) >= 11 is 0. The normalized spacial score (nSPS) is 21.4. The van der Waals surface area contributed by atoms with Gasteiger partial charge in [-0.3, -0.25) is 19.8 Å². The lowest BCUT2D eigenvalue weighted by Gasteiger charge is -2.40. The van der Waals surface area contributed by atoms with Gasteiger partial charge in [-0.15, -0.1) is 0 Å². The van der Waals surface area contributed by atoms with Crippen LogP contribution in [0.3, 0.4) is 0 Å². The van der Waals surface area contributed by atoms with Gasteiger partial charge < -0.3 is 0 Å². The number of benzene rings is 2. The van der Waals surface area contributed by atoms with Gasteiger partial charge in [0.05, 0.1) is 12.0 Å². The Kier molecular flexibility index (Phi) is 5.37. The Labute approximate surface area is 188 Å². The fraction of sp³-hybridized carbons (Fsp3) is 0.250. The van der Waals surface area contributed by atoms with Crippen molar-refractivity contribution in [2.45, 2.75) is 30.0 Å². The number of nitrogens with one attached hydrogen (secondary N) is 1. The molecule has 0 aliphatic carbocycles. The van der Waals surface area contributed by atoms with Crippen molar-refractivity contribution < 1.29 is 42.2 Å². The van der Waals surface area contributed by atoms with Crippen LogP contribution in [-0.4, -0.2) is 35.9 Å². The summed E-state index contributed by atoms with van der Waals surface area (Å²) in [6.07, 6.45) is -5.59. The zero-order valence-electron chi connectivity index (χ0n) is 17.5. The highest BCUT2D eigenvalue weighted by Gasteiger charge is 2.65. The lowest BCUT2D eigenvalue weighted by atomic mass is 9.86. The van der Waals surface area contributed by atoms with Crippen LogP contribution in [0, 0.1) is 0 Å². The van der Waals surface area contributed by atoms with Gasteiger partial charge >= 0.3 is 22.3 Å². The number of aliphatic imine (C=N–C) groups is 1. The van der Waals surface area contributed by atoms with Gasteiger partial charge in [0, 0.05) is 7.05 Å². The maximum Gasteiger partial charge on any atom is 0.471 e. The number of guanidine groups is 1. The first kappa shape index (κ1) is 25.5. The minimum atomic E-state index is -9.94. The van der Waals surface area contributed by atoms with Crippen LogP contribution < -0.4 is 5.32 Å². The summed E-state index contributed by atoms with van der Waals surface area (Å²) in [6.45, 7) is 1.38. The minimum absolute atomic E-state index is 0.0740. The molecule has 5 nitrogen and oxygen atoms in total. The number of carbonyl (C=O) groups is 2. The highest BCUT2D eigenvalue weighted by Crippen LogP contribution is 3.02. The number of hydrogen-bond acceptors (Lipinski definition) is 3. The maximum absolute atomic E-state index is 13.2. The predicted octanol–water partition coefficient (Wildman–Crippen LogP) is 6.12. The zero-order valence-corrected chi connectivity index (χ0v) is 18.3. The third-order valence-corrected chi connectivity index (χ3v) is 6.26. The van der Waals surface area contributed by atoms with Crippen LogP contribution >= 0.6 is 10.2 Å². The molecule has 1 aliphatic rings. The van der Waals surface area contributed by atoms with E-state index in [0.717, 1.165) is 18.0 Å². The van der Waals surface area contributed by atoms with Gasteiger partial charge in [0.15, 0.2) is 0 Å². The van der Waals surface area contributed by atoms with Crippen molar-refractivity contribution in [3.63, 3.8) is 0 Å². The summed E-state index contributed by atoms with van der Waals surface area (Å²) in [4.78, 5) is 26.5. The van der Waals surface area contributed by atoms with Crippen LogP contribution in [0.25, 0.3) is 11.1 Å². The summed E-state index contributed by atoms with van der Waals surface area (Å²) in [5.41, 5.74) is -1.44. The van der Waals surface area contributed by atoms with Gasteiger partial charge in [-0.05, 0) is 41.8 Å². The Hall–Kier alpha value is -3.16. The highest BCUT2D eigenvalue weighted by molar-refractivity contribution is 8.45. The van der Waals surface area contributed by atoms with Crippen LogP contribution in [0.15, 0.2) is 58.4 Å². The monoisotopic (exact) mass is 515 g/mol. The first-order valence-electron chi connectivity index (χ1n) is 9.39. The quantitative estimate of drug-likeness (QED) is 0.501. The Morgan fingerprint density at radius 2 is 1.59 bits per heavy atom. The second kappa shape index (κ2) is 7.17. The number of nitrogens with zero attached hydrogens (tertiary/aromatic N) is 2. The van der Waals surface area contributed by atoms with E-state index in [1.54, 1.807) is 0 Å². The molecule has 34 heavy (non-hydrogen) atoms. The van der Waals surface area contributed by atoms with Crippen LogP contribution in [0.2, 0.25) is 0 Å². The van der Waals surface area contributed by atoms with Crippen molar-refractivity contribution in [3.05, 3.63) is 54.1 Å². The van der Waals surface area contributed by atoms with Crippen LogP contribution in [0.5, 0.6) is 0 Å². The van der Waals surface area contributed by atoms with Crippen LogP contribution in [0.1, 0.15) is 18.9 Å². The van der Waals surface area contributed by atoms with Gasteiger partial charge in [-0.25, -0.2) is 4.99 Å². The SMILES string of the molecule is CN1C(=O)C[C@@](C)(c2cccc(-c3cccc(S(F)(F)(F)(F)F)c3)c2)N=C1NC(=O)C(F)(F)F. The standard InChI is InChI=1S/C20H17F8N3O2S/c1-19(11-16(32)31(2)18(30-19)29-17(33)20(21,22)23)14-7-3-5-12(9-14)13-6-4-8-15(10-13)34(24,25,26,27)28/h3-10H,11H2,1-2H3,(H,29,30,33)/t19-/m0/s1. The molecular formula is C20H17F8N3O2S. The molecule has 0 radical (unpaired) electrons. The van der Waals surface area contributed by atoms with Crippen molar-refractivity contribution in [1.82, 2.24) is 10.2 Å².